The Balaban J connectivity index is 1.76. The van der Waals surface area contributed by atoms with Crippen molar-refractivity contribution in [2.75, 3.05) is 18.0 Å². The lowest BCUT2D eigenvalue weighted by atomic mass is 9.97. The Hall–Kier alpha value is -2.19. The highest BCUT2D eigenvalue weighted by molar-refractivity contribution is 5.39. The van der Waals surface area contributed by atoms with E-state index in [1.165, 1.54) is 6.07 Å². The van der Waals surface area contributed by atoms with Gasteiger partial charge in [0.1, 0.15) is 12.2 Å². The van der Waals surface area contributed by atoms with Crippen molar-refractivity contribution < 1.29 is 13.2 Å². The van der Waals surface area contributed by atoms with Gasteiger partial charge in [-0.15, -0.1) is 20.4 Å². The molecule has 1 aliphatic heterocycles. The number of anilines is 1. The van der Waals surface area contributed by atoms with Crippen LogP contribution in [0.25, 0.3) is 0 Å². The molecule has 3 rings (SSSR count). The highest BCUT2D eigenvalue weighted by atomic mass is 19.4. The molecular weight excluding hydrogens is 309 g/mol. The van der Waals surface area contributed by atoms with Gasteiger partial charge in [0.25, 0.3) is 0 Å². The summed E-state index contributed by atoms with van der Waals surface area (Å²) in [6, 6.07) is 2.35. The van der Waals surface area contributed by atoms with E-state index in [0.29, 0.717) is 12.4 Å². The average molecular weight is 326 g/mol. The molecule has 2 aromatic heterocycles. The van der Waals surface area contributed by atoms with Gasteiger partial charge < -0.3 is 9.47 Å². The highest BCUT2D eigenvalue weighted by Gasteiger charge is 2.33. The fourth-order valence-electron chi connectivity index (χ4n) is 2.86. The van der Waals surface area contributed by atoms with Crippen LogP contribution in [-0.4, -0.2) is 38.1 Å². The quantitative estimate of drug-likeness (QED) is 0.867. The minimum atomic E-state index is -4.46. The van der Waals surface area contributed by atoms with Gasteiger partial charge in [-0.25, -0.2) is 0 Å². The Morgan fingerprint density at radius 1 is 1.22 bits per heavy atom. The fraction of sp³-hybridized carbons (Fsp3) is 0.571. The summed E-state index contributed by atoms with van der Waals surface area (Å²) in [7, 11) is 0. The second-order valence-electron chi connectivity index (χ2n) is 5.53. The van der Waals surface area contributed by atoms with Crippen molar-refractivity contribution in [2.45, 2.75) is 38.4 Å². The molecule has 124 valence electrons. The zero-order valence-electron chi connectivity index (χ0n) is 12.7. The minimum Gasteiger partial charge on any atom is -0.354 e. The van der Waals surface area contributed by atoms with Crippen LogP contribution in [0, 0.1) is 0 Å². The van der Waals surface area contributed by atoms with E-state index in [1.54, 1.807) is 6.33 Å². The molecular formula is C14H17F3N6. The van der Waals surface area contributed by atoms with E-state index in [1.807, 2.05) is 16.4 Å². The highest BCUT2D eigenvalue weighted by Crippen LogP contribution is 2.30. The van der Waals surface area contributed by atoms with E-state index in [9.17, 15) is 13.2 Å². The van der Waals surface area contributed by atoms with Gasteiger partial charge in [0.15, 0.2) is 11.5 Å². The first kappa shape index (κ1) is 15.7. The molecule has 6 nitrogen and oxygen atoms in total. The minimum absolute atomic E-state index is 0.190. The van der Waals surface area contributed by atoms with E-state index in [4.69, 9.17) is 0 Å². The summed E-state index contributed by atoms with van der Waals surface area (Å²) in [4.78, 5) is 1.95. The second kappa shape index (κ2) is 6.13. The first-order valence-corrected chi connectivity index (χ1v) is 7.52. The molecule has 3 heterocycles. The number of aromatic nitrogens is 5. The molecule has 0 aliphatic carbocycles. The van der Waals surface area contributed by atoms with E-state index in [-0.39, 0.29) is 5.92 Å². The molecule has 0 saturated carbocycles. The van der Waals surface area contributed by atoms with Crippen molar-refractivity contribution in [1.82, 2.24) is 25.0 Å². The van der Waals surface area contributed by atoms with Gasteiger partial charge in [-0.2, -0.15) is 13.2 Å². The fourth-order valence-corrected chi connectivity index (χ4v) is 2.86. The summed E-state index contributed by atoms with van der Waals surface area (Å²) >= 11 is 0. The second-order valence-corrected chi connectivity index (χ2v) is 5.53. The van der Waals surface area contributed by atoms with Gasteiger partial charge >= 0.3 is 6.18 Å². The van der Waals surface area contributed by atoms with Crippen LogP contribution in [0.1, 0.15) is 37.2 Å². The third kappa shape index (κ3) is 3.27. The molecule has 1 aliphatic rings. The number of piperidine rings is 1. The van der Waals surface area contributed by atoms with Gasteiger partial charge in [0, 0.05) is 25.6 Å². The Morgan fingerprint density at radius 3 is 2.70 bits per heavy atom. The lowest BCUT2D eigenvalue weighted by Gasteiger charge is -2.32. The summed E-state index contributed by atoms with van der Waals surface area (Å²) in [5, 5.41) is 15.2. The van der Waals surface area contributed by atoms with Crippen LogP contribution in [-0.2, 0) is 12.7 Å². The van der Waals surface area contributed by atoms with E-state index in [2.05, 4.69) is 20.4 Å². The monoisotopic (exact) mass is 326 g/mol. The van der Waals surface area contributed by atoms with Gasteiger partial charge in [-0.1, -0.05) is 0 Å². The lowest BCUT2D eigenvalue weighted by Crippen LogP contribution is -2.36. The van der Waals surface area contributed by atoms with Gasteiger partial charge in [0.05, 0.1) is 0 Å². The molecule has 23 heavy (non-hydrogen) atoms. The maximum atomic E-state index is 12.6. The summed E-state index contributed by atoms with van der Waals surface area (Å²) in [6.45, 7) is 4.21. The summed E-state index contributed by atoms with van der Waals surface area (Å²) in [5.74, 6) is 1.57. The molecule has 2 aromatic rings. The van der Waals surface area contributed by atoms with Crippen LogP contribution < -0.4 is 4.90 Å². The molecule has 0 bridgehead atoms. The topological polar surface area (TPSA) is 59.7 Å². The van der Waals surface area contributed by atoms with Crippen molar-refractivity contribution in [3.05, 3.63) is 30.0 Å². The van der Waals surface area contributed by atoms with Crippen molar-refractivity contribution in [2.24, 2.45) is 0 Å². The standard InChI is InChI=1S/C14H17F3N6/c1-2-22-9-18-21-13(22)10-4-3-7-23(8-10)12-6-5-11(19-20-12)14(15,16)17/h5-6,9-10H,2-4,7-8H2,1H3. The molecule has 1 saturated heterocycles. The van der Waals surface area contributed by atoms with Crippen LogP contribution in [0.3, 0.4) is 0 Å². The Kier molecular flexibility index (Phi) is 4.18. The van der Waals surface area contributed by atoms with Crippen molar-refractivity contribution in [1.29, 1.82) is 0 Å². The molecule has 0 aromatic carbocycles. The third-order valence-electron chi connectivity index (χ3n) is 4.04. The number of alkyl halides is 3. The number of nitrogens with zero attached hydrogens (tertiary/aromatic N) is 6. The van der Waals surface area contributed by atoms with Gasteiger partial charge in [-0.3, -0.25) is 0 Å². The van der Waals surface area contributed by atoms with Crippen molar-refractivity contribution >= 4 is 5.82 Å². The van der Waals surface area contributed by atoms with Crippen LogP contribution in [0.2, 0.25) is 0 Å². The van der Waals surface area contributed by atoms with Crippen LogP contribution in [0.4, 0.5) is 19.0 Å². The zero-order valence-corrected chi connectivity index (χ0v) is 12.7. The molecule has 9 heteroatoms. The number of halogens is 3. The molecule has 1 unspecified atom stereocenters. The third-order valence-corrected chi connectivity index (χ3v) is 4.04. The maximum Gasteiger partial charge on any atom is 0.435 e. The molecule has 1 atom stereocenters. The maximum absolute atomic E-state index is 12.6. The average Bonchev–Trinajstić information content (AvgIpc) is 3.03. The first-order valence-electron chi connectivity index (χ1n) is 7.52. The van der Waals surface area contributed by atoms with Crippen LogP contribution >= 0.6 is 0 Å². The van der Waals surface area contributed by atoms with Crippen LogP contribution in [0.15, 0.2) is 18.5 Å². The zero-order chi connectivity index (χ0) is 16.4. The normalized spacial score (nSPS) is 19.1. The predicted octanol–water partition coefficient (Wildman–Crippen LogP) is 2.49. The molecule has 0 spiro atoms. The molecule has 0 amide bonds. The predicted molar refractivity (Wildman–Crippen MR) is 76.9 cm³/mol. The van der Waals surface area contributed by atoms with Crippen molar-refractivity contribution in [3.63, 3.8) is 0 Å². The molecule has 0 N–H and O–H groups in total. The Bertz CT molecular complexity index is 651. The van der Waals surface area contributed by atoms with Crippen LogP contribution in [0.5, 0.6) is 0 Å². The summed E-state index contributed by atoms with van der Waals surface area (Å²) in [6.07, 6.45) is -0.868. The summed E-state index contributed by atoms with van der Waals surface area (Å²) in [5.41, 5.74) is -0.972. The van der Waals surface area contributed by atoms with Gasteiger partial charge in [-0.05, 0) is 31.9 Å². The van der Waals surface area contributed by atoms with Crippen molar-refractivity contribution in [3.8, 4) is 0 Å². The first-order chi connectivity index (χ1) is 11.0. The number of aryl methyl sites for hydroxylation is 1. The number of rotatable bonds is 3. The number of hydrogen-bond acceptors (Lipinski definition) is 5. The molecule has 1 fully saturated rings. The summed E-state index contributed by atoms with van der Waals surface area (Å²) < 4.78 is 39.7. The molecule has 0 radical (unpaired) electrons. The number of hydrogen-bond donors (Lipinski definition) is 0. The van der Waals surface area contributed by atoms with Gasteiger partial charge in [0.2, 0.25) is 0 Å². The largest absolute Gasteiger partial charge is 0.435 e. The SMILES string of the molecule is CCn1cnnc1C1CCCN(c2ccc(C(F)(F)F)nn2)C1. The Labute approximate surface area is 131 Å². The van der Waals surface area contributed by atoms with E-state index in [0.717, 1.165) is 37.8 Å². The Morgan fingerprint density at radius 2 is 2.04 bits per heavy atom. The van der Waals surface area contributed by atoms with E-state index < -0.39 is 11.9 Å². The smallest absolute Gasteiger partial charge is 0.354 e. The lowest BCUT2D eigenvalue weighted by molar-refractivity contribution is -0.141. The van der Waals surface area contributed by atoms with E-state index >= 15 is 0 Å².